The smallest absolute Gasteiger partial charge is 0.270 e. The molecule has 0 atom stereocenters. The number of methoxy groups -OCH3 is 1. The maximum Gasteiger partial charge on any atom is 0.270 e. The number of nitrogens with one attached hydrogen (secondary N) is 1. The molecule has 2 aromatic rings. The molecule has 1 N–H and O–H groups in total. The summed E-state index contributed by atoms with van der Waals surface area (Å²) in [7, 11) is 1.51. The van der Waals surface area contributed by atoms with E-state index in [-0.39, 0.29) is 10.7 Å². The minimum Gasteiger partial charge on any atom is -0.493 e. The molecule has 0 bridgehead atoms. The molecule has 148 valence electrons. The van der Waals surface area contributed by atoms with Gasteiger partial charge in [-0.2, -0.15) is 0 Å². The van der Waals surface area contributed by atoms with Gasteiger partial charge in [0.15, 0.2) is 16.6 Å². The summed E-state index contributed by atoms with van der Waals surface area (Å²) in [6.45, 7) is 3.94. The number of anilines is 1. The highest BCUT2D eigenvalue weighted by atomic mass is 79.9. The number of thiocarbonyl (C=S) groups is 1. The third kappa shape index (κ3) is 4.55. The third-order valence-corrected chi connectivity index (χ3v) is 4.86. The van der Waals surface area contributed by atoms with Gasteiger partial charge in [-0.05, 0) is 60.3 Å². The lowest BCUT2D eigenvalue weighted by molar-refractivity contribution is -0.122. The zero-order chi connectivity index (χ0) is 21.0. The van der Waals surface area contributed by atoms with Crippen LogP contribution >= 0.6 is 28.1 Å². The molecule has 1 aliphatic heterocycles. The molecule has 1 fully saturated rings. The van der Waals surface area contributed by atoms with E-state index in [4.69, 9.17) is 21.7 Å². The third-order valence-electron chi connectivity index (χ3n) is 4.04. The first-order valence-corrected chi connectivity index (χ1v) is 9.73. The van der Waals surface area contributed by atoms with Gasteiger partial charge in [0, 0.05) is 4.47 Å². The summed E-state index contributed by atoms with van der Waals surface area (Å²) >= 11 is 8.56. The number of amides is 2. The monoisotopic (exact) mass is 472 g/mol. The van der Waals surface area contributed by atoms with Gasteiger partial charge in [0.25, 0.3) is 11.8 Å². The second-order valence-corrected chi connectivity index (χ2v) is 7.25. The van der Waals surface area contributed by atoms with Crippen LogP contribution < -0.4 is 19.7 Å². The Hall–Kier alpha value is -2.97. The first-order valence-electron chi connectivity index (χ1n) is 8.53. The number of halogens is 1. The quantitative estimate of drug-likeness (QED) is 0.299. The van der Waals surface area contributed by atoms with E-state index < -0.39 is 11.8 Å². The summed E-state index contributed by atoms with van der Waals surface area (Å²) in [5.74, 6) is -0.0527. The summed E-state index contributed by atoms with van der Waals surface area (Å²) in [6.07, 6.45) is 3.12. The van der Waals surface area contributed by atoms with E-state index in [0.29, 0.717) is 29.4 Å². The van der Waals surface area contributed by atoms with Gasteiger partial charge in [-0.15, -0.1) is 0 Å². The van der Waals surface area contributed by atoms with Crippen LogP contribution in [0.15, 0.2) is 65.2 Å². The maximum absolute atomic E-state index is 13.0. The van der Waals surface area contributed by atoms with E-state index in [9.17, 15) is 9.59 Å². The number of carbonyl (C=O) groups is 2. The predicted octanol–water partition coefficient (Wildman–Crippen LogP) is 3.85. The SMILES string of the molecule is C=CCOc1ccc(C=C2C(=O)NC(=S)N(c3ccc(Br)cc3)C2=O)cc1OC. The lowest BCUT2D eigenvalue weighted by Gasteiger charge is -2.29. The fraction of sp³-hybridized carbons (Fsp3) is 0.0952. The van der Waals surface area contributed by atoms with Crippen molar-refractivity contribution in [1.82, 2.24) is 5.32 Å². The molecule has 3 rings (SSSR count). The van der Waals surface area contributed by atoms with Crippen LogP contribution in [0, 0.1) is 0 Å². The molecule has 0 radical (unpaired) electrons. The summed E-state index contributed by atoms with van der Waals surface area (Å²) in [5, 5.41) is 2.59. The van der Waals surface area contributed by atoms with Gasteiger partial charge in [-0.3, -0.25) is 19.8 Å². The molecule has 6 nitrogen and oxygen atoms in total. The van der Waals surface area contributed by atoms with Crippen molar-refractivity contribution in [3.05, 3.63) is 70.7 Å². The molecule has 0 aliphatic carbocycles. The largest absolute Gasteiger partial charge is 0.493 e. The van der Waals surface area contributed by atoms with E-state index in [0.717, 1.165) is 4.47 Å². The van der Waals surface area contributed by atoms with Crippen LogP contribution in [0.2, 0.25) is 0 Å². The lowest BCUT2D eigenvalue weighted by Crippen LogP contribution is -2.54. The molecule has 2 amide bonds. The second kappa shape index (κ2) is 9.02. The van der Waals surface area contributed by atoms with E-state index >= 15 is 0 Å². The molecular weight excluding hydrogens is 456 g/mol. The minimum atomic E-state index is -0.556. The molecule has 8 heteroatoms. The van der Waals surface area contributed by atoms with E-state index in [1.54, 1.807) is 48.5 Å². The van der Waals surface area contributed by atoms with Crippen LogP contribution in [0.1, 0.15) is 5.56 Å². The highest BCUT2D eigenvalue weighted by Gasteiger charge is 2.34. The number of carbonyl (C=O) groups excluding carboxylic acids is 2. The maximum atomic E-state index is 13.0. The molecule has 0 saturated carbocycles. The molecule has 1 saturated heterocycles. The molecule has 0 spiro atoms. The fourth-order valence-corrected chi connectivity index (χ4v) is 3.24. The number of hydrogen-bond donors (Lipinski definition) is 1. The Morgan fingerprint density at radius 3 is 2.55 bits per heavy atom. The van der Waals surface area contributed by atoms with Gasteiger partial charge in [0.05, 0.1) is 12.8 Å². The van der Waals surface area contributed by atoms with Crippen molar-refractivity contribution in [2.75, 3.05) is 18.6 Å². The Morgan fingerprint density at radius 1 is 1.17 bits per heavy atom. The van der Waals surface area contributed by atoms with Crippen molar-refractivity contribution in [2.45, 2.75) is 0 Å². The van der Waals surface area contributed by atoms with Crippen LogP contribution in [0.5, 0.6) is 11.5 Å². The molecule has 2 aromatic carbocycles. The Bertz CT molecular complexity index is 1020. The average molecular weight is 473 g/mol. The van der Waals surface area contributed by atoms with E-state index in [2.05, 4.69) is 27.8 Å². The Balaban J connectivity index is 1.96. The topological polar surface area (TPSA) is 67.9 Å². The van der Waals surface area contributed by atoms with Crippen molar-refractivity contribution in [2.24, 2.45) is 0 Å². The summed E-state index contributed by atoms with van der Waals surface area (Å²) in [5.41, 5.74) is 1.12. The van der Waals surface area contributed by atoms with Crippen molar-refractivity contribution in [3.8, 4) is 11.5 Å². The van der Waals surface area contributed by atoms with Crippen molar-refractivity contribution in [1.29, 1.82) is 0 Å². The Labute approximate surface area is 181 Å². The Morgan fingerprint density at radius 2 is 1.90 bits per heavy atom. The van der Waals surface area contributed by atoms with Crippen LogP contribution in [0.4, 0.5) is 5.69 Å². The summed E-state index contributed by atoms with van der Waals surface area (Å²) in [6, 6.07) is 12.2. The average Bonchev–Trinajstić information content (AvgIpc) is 2.71. The number of hydrogen-bond acceptors (Lipinski definition) is 5. The molecular formula is C21H17BrN2O4S. The van der Waals surface area contributed by atoms with Gasteiger partial charge in [0.2, 0.25) is 0 Å². The normalized spacial score (nSPS) is 15.3. The highest BCUT2D eigenvalue weighted by Crippen LogP contribution is 2.30. The van der Waals surface area contributed by atoms with Crippen molar-refractivity contribution < 1.29 is 19.1 Å². The Kier molecular flexibility index (Phi) is 6.46. The molecule has 0 unspecified atom stereocenters. The zero-order valence-electron chi connectivity index (χ0n) is 15.5. The zero-order valence-corrected chi connectivity index (χ0v) is 17.9. The van der Waals surface area contributed by atoms with Gasteiger partial charge in [-0.1, -0.05) is 34.7 Å². The molecule has 29 heavy (non-hydrogen) atoms. The van der Waals surface area contributed by atoms with E-state index in [1.807, 2.05) is 0 Å². The second-order valence-electron chi connectivity index (χ2n) is 5.94. The van der Waals surface area contributed by atoms with Crippen LogP contribution in [0.25, 0.3) is 6.08 Å². The van der Waals surface area contributed by atoms with Gasteiger partial charge < -0.3 is 9.47 Å². The standard InChI is InChI=1S/C21H17BrN2O4S/c1-3-10-28-17-9-4-13(12-18(17)27-2)11-16-19(25)23-21(29)24(20(16)26)15-7-5-14(22)6-8-15/h3-9,11-12H,1,10H2,2H3,(H,23,25,29). The number of benzene rings is 2. The number of ether oxygens (including phenoxy) is 2. The number of nitrogens with zero attached hydrogens (tertiary/aromatic N) is 1. The van der Waals surface area contributed by atoms with Crippen LogP contribution in [-0.4, -0.2) is 30.6 Å². The van der Waals surface area contributed by atoms with Crippen LogP contribution in [-0.2, 0) is 9.59 Å². The molecule has 0 aromatic heterocycles. The first-order chi connectivity index (χ1) is 13.9. The van der Waals surface area contributed by atoms with Crippen molar-refractivity contribution >= 4 is 56.8 Å². The van der Waals surface area contributed by atoms with Crippen LogP contribution in [0.3, 0.4) is 0 Å². The van der Waals surface area contributed by atoms with Gasteiger partial charge in [0.1, 0.15) is 12.2 Å². The predicted molar refractivity (Wildman–Crippen MR) is 119 cm³/mol. The summed E-state index contributed by atoms with van der Waals surface area (Å²) in [4.78, 5) is 26.7. The van der Waals surface area contributed by atoms with Crippen molar-refractivity contribution in [3.63, 3.8) is 0 Å². The number of rotatable bonds is 6. The lowest BCUT2D eigenvalue weighted by atomic mass is 10.1. The first kappa shape index (κ1) is 20.8. The highest BCUT2D eigenvalue weighted by molar-refractivity contribution is 9.10. The molecule has 1 heterocycles. The van der Waals surface area contributed by atoms with Gasteiger partial charge >= 0.3 is 0 Å². The van der Waals surface area contributed by atoms with Gasteiger partial charge in [-0.25, -0.2) is 0 Å². The molecule has 1 aliphatic rings. The summed E-state index contributed by atoms with van der Waals surface area (Å²) < 4.78 is 11.7. The van der Waals surface area contributed by atoms with E-state index in [1.165, 1.54) is 18.1 Å². The minimum absolute atomic E-state index is 0.0326. The fourth-order valence-electron chi connectivity index (χ4n) is 2.69.